The first-order valence-corrected chi connectivity index (χ1v) is 15.9. The summed E-state index contributed by atoms with van der Waals surface area (Å²) in [7, 11) is 0. The van der Waals surface area contributed by atoms with Crippen molar-refractivity contribution in [2.24, 2.45) is 11.8 Å². The van der Waals surface area contributed by atoms with Crippen molar-refractivity contribution in [2.45, 2.75) is 71.3 Å². The molecular formula is C36H37F7N4O3. The number of ether oxygens (including phenoxy) is 1. The first kappa shape index (κ1) is 38.1. The SMILES string of the molecule is CCOC(=O)C(C)C1CCN(c2cc(-c3ccc(F)cc3C)c(NCC(=O)C(C)(C)c3cc(C(F)(F)F)cc(C(F)(F)F)c3)cn2)C(C#N)C1. The monoisotopic (exact) mass is 706 g/mol. The van der Waals surface area contributed by atoms with Gasteiger partial charge in [-0.05, 0) is 99.5 Å². The average molecular weight is 707 g/mol. The van der Waals surface area contributed by atoms with Crippen LogP contribution in [0.2, 0.25) is 0 Å². The van der Waals surface area contributed by atoms with Gasteiger partial charge in [0.1, 0.15) is 17.7 Å². The lowest BCUT2D eigenvalue weighted by Gasteiger charge is -2.38. The molecule has 1 saturated heterocycles. The molecule has 3 aromatic rings. The summed E-state index contributed by atoms with van der Waals surface area (Å²) < 4.78 is 101. The number of carbonyl (C=O) groups excluding carboxylic acids is 2. The number of ketones is 1. The molecule has 1 aliphatic heterocycles. The minimum Gasteiger partial charge on any atom is -0.466 e. The Labute approximate surface area is 285 Å². The van der Waals surface area contributed by atoms with E-state index in [-0.39, 0.29) is 30.2 Å². The number of nitrogens with one attached hydrogen (secondary N) is 1. The van der Waals surface area contributed by atoms with E-state index in [9.17, 15) is 45.6 Å². The van der Waals surface area contributed by atoms with E-state index in [4.69, 9.17) is 4.74 Å². The zero-order chi connectivity index (χ0) is 37.2. The van der Waals surface area contributed by atoms with Crippen LogP contribution in [-0.4, -0.2) is 42.5 Å². The third kappa shape index (κ3) is 8.37. The molecule has 0 bridgehead atoms. The van der Waals surface area contributed by atoms with Crippen LogP contribution >= 0.6 is 0 Å². The third-order valence-corrected chi connectivity index (χ3v) is 9.27. The molecule has 4 rings (SSSR count). The molecule has 0 aliphatic carbocycles. The van der Waals surface area contributed by atoms with E-state index in [1.807, 2.05) is 0 Å². The number of nitriles is 1. The molecule has 2 heterocycles. The number of rotatable bonds is 10. The first-order chi connectivity index (χ1) is 23.3. The largest absolute Gasteiger partial charge is 0.466 e. The van der Waals surface area contributed by atoms with Crippen molar-refractivity contribution in [3.05, 3.63) is 76.7 Å². The Balaban J connectivity index is 1.66. The van der Waals surface area contributed by atoms with Crippen molar-refractivity contribution in [2.75, 3.05) is 29.9 Å². The summed E-state index contributed by atoms with van der Waals surface area (Å²) in [6.07, 6.45) is -7.82. The highest BCUT2D eigenvalue weighted by Gasteiger charge is 2.40. The molecule has 1 fully saturated rings. The van der Waals surface area contributed by atoms with Crippen LogP contribution in [0.3, 0.4) is 0 Å². The summed E-state index contributed by atoms with van der Waals surface area (Å²) in [5.74, 6) is -1.65. The fraction of sp³-hybridized carbons (Fsp3) is 0.444. The molecule has 1 N–H and O–H groups in total. The quantitative estimate of drug-likeness (QED) is 0.167. The van der Waals surface area contributed by atoms with Gasteiger partial charge in [-0.25, -0.2) is 9.37 Å². The fourth-order valence-electron chi connectivity index (χ4n) is 6.08. The van der Waals surface area contributed by atoms with E-state index in [1.165, 1.54) is 38.2 Å². The van der Waals surface area contributed by atoms with Crippen LogP contribution in [0.25, 0.3) is 11.1 Å². The lowest BCUT2D eigenvalue weighted by atomic mass is 9.79. The number of aromatic nitrogens is 1. The molecule has 0 spiro atoms. The third-order valence-electron chi connectivity index (χ3n) is 9.27. The molecule has 7 nitrogen and oxygen atoms in total. The molecule has 1 aliphatic rings. The molecule has 3 atom stereocenters. The van der Waals surface area contributed by atoms with Gasteiger partial charge < -0.3 is 15.0 Å². The number of nitrogens with zero attached hydrogens (tertiary/aromatic N) is 3. The molecule has 0 amide bonds. The molecule has 1 aromatic heterocycles. The lowest BCUT2D eigenvalue weighted by Crippen LogP contribution is -2.44. The van der Waals surface area contributed by atoms with E-state index in [1.54, 1.807) is 31.7 Å². The lowest BCUT2D eigenvalue weighted by molar-refractivity contribution is -0.149. The maximum absolute atomic E-state index is 14.1. The van der Waals surface area contributed by atoms with Gasteiger partial charge in [-0.2, -0.15) is 31.6 Å². The van der Waals surface area contributed by atoms with E-state index in [0.717, 1.165) is 0 Å². The number of esters is 1. The van der Waals surface area contributed by atoms with Crippen molar-refractivity contribution in [3.8, 4) is 17.2 Å². The van der Waals surface area contributed by atoms with Crippen LogP contribution in [0, 0.1) is 35.9 Å². The van der Waals surface area contributed by atoms with Gasteiger partial charge in [-0.1, -0.05) is 13.0 Å². The van der Waals surface area contributed by atoms with E-state index >= 15 is 0 Å². The van der Waals surface area contributed by atoms with Gasteiger partial charge in [0, 0.05) is 12.1 Å². The van der Waals surface area contributed by atoms with Gasteiger partial charge in [0.2, 0.25) is 0 Å². The highest BCUT2D eigenvalue weighted by Crippen LogP contribution is 2.40. The van der Waals surface area contributed by atoms with Crippen molar-refractivity contribution >= 4 is 23.3 Å². The number of benzene rings is 2. The van der Waals surface area contributed by atoms with Crippen LogP contribution in [0.4, 0.5) is 42.2 Å². The van der Waals surface area contributed by atoms with Gasteiger partial charge in [0.25, 0.3) is 0 Å². The second kappa shape index (κ2) is 14.7. The second-order valence-electron chi connectivity index (χ2n) is 12.9. The molecule has 0 saturated carbocycles. The Morgan fingerprint density at radius 3 is 2.20 bits per heavy atom. The van der Waals surface area contributed by atoms with Gasteiger partial charge in [0.15, 0.2) is 5.78 Å². The van der Waals surface area contributed by atoms with Crippen LogP contribution in [0.5, 0.6) is 0 Å². The number of Topliss-reactive ketones (excluding diaryl/α,β-unsaturated/α-hetero) is 1. The highest BCUT2D eigenvalue weighted by atomic mass is 19.4. The minimum absolute atomic E-state index is 0.00711. The summed E-state index contributed by atoms with van der Waals surface area (Å²) in [5.41, 5.74) is -3.46. The van der Waals surface area contributed by atoms with E-state index in [2.05, 4.69) is 16.4 Å². The van der Waals surface area contributed by atoms with Crippen molar-refractivity contribution in [1.29, 1.82) is 5.26 Å². The Hall–Kier alpha value is -4.67. The molecular weight excluding hydrogens is 669 g/mol. The predicted molar refractivity (Wildman–Crippen MR) is 173 cm³/mol. The van der Waals surface area contributed by atoms with Gasteiger partial charge in [-0.3, -0.25) is 9.59 Å². The van der Waals surface area contributed by atoms with Gasteiger partial charge in [-0.15, -0.1) is 0 Å². The maximum Gasteiger partial charge on any atom is 0.416 e. The number of halogens is 7. The van der Waals surface area contributed by atoms with Gasteiger partial charge >= 0.3 is 18.3 Å². The predicted octanol–water partition coefficient (Wildman–Crippen LogP) is 8.50. The maximum atomic E-state index is 14.1. The van der Waals surface area contributed by atoms with Crippen LogP contribution in [0.15, 0.2) is 48.7 Å². The van der Waals surface area contributed by atoms with Crippen LogP contribution in [-0.2, 0) is 32.1 Å². The smallest absolute Gasteiger partial charge is 0.416 e. The normalized spacial score (nSPS) is 17.5. The Morgan fingerprint density at radius 2 is 1.64 bits per heavy atom. The number of anilines is 2. The summed E-state index contributed by atoms with van der Waals surface area (Å²) in [4.78, 5) is 32.2. The molecule has 0 radical (unpaired) electrons. The molecule has 2 aromatic carbocycles. The number of hydrogen-bond acceptors (Lipinski definition) is 7. The summed E-state index contributed by atoms with van der Waals surface area (Å²) in [6, 6.07) is 8.47. The molecule has 14 heteroatoms. The van der Waals surface area contributed by atoms with Crippen LogP contribution < -0.4 is 10.2 Å². The number of piperidine rings is 1. The van der Waals surface area contributed by atoms with Gasteiger partial charge in [0.05, 0.1) is 53.6 Å². The number of alkyl halides is 6. The standard InChI is InChI=1S/C36H37F7N4O3/c1-6-50-33(49)21(3)22-9-10-47(27(12-22)17-44)32-16-29(28-8-7-26(37)11-20(28)2)30(18-46-32)45-19-31(48)34(4,5)23-13-24(35(38,39)40)15-25(14-23)36(41,42)43/h7-8,11,13-16,18,21-22,27,45H,6,9-10,12,19H2,1-5H3. The second-order valence-corrected chi connectivity index (χ2v) is 12.9. The fourth-order valence-corrected chi connectivity index (χ4v) is 6.08. The Bertz CT molecular complexity index is 1750. The number of aryl methyl sites for hydroxylation is 1. The number of pyridine rings is 1. The number of carbonyl (C=O) groups is 2. The number of hydrogen-bond donors (Lipinski definition) is 1. The minimum atomic E-state index is -5.08. The van der Waals surface area contributed by atoms with E-state index < -0.39 is 64.6 Å². The first-order valence-electron chi connectivity index (χ1n) is 15.9. The topological polar surface area (TPSA) is 95.3 Å². The van der Waals surface area contributed by atoms with Crippen LogP contribution in [0.1, 0.15) is 62.8 Å². The summed E-state index contributed by atoms with van der Waals surface area (Å²) in [6.45, 7) is 7.77. The summed E-state index contributed by atoms with van der Waals surface area (Å²) in [5, 5.41) is 13.0. The van der Waals surface area contributed by atoms with Crippen molar-refractivity contribution < 1.29 is 45.1 Å². The summed E-state index contributed by atoms with van der Waals surface area (Å²) >= 11 is 0. The molecule has 268 valence electrons. The highest BCUT2D eigenvalue weighted by molar-refractivity contribution is 5.94. The molecule has 3 unspecified atom stereocenters. The zero-order valence-electron chi connectivity index (χ0n) is 28.1. The van der Waals surface area contributed by atoms with Crippen molar-refractivity contribution in [1.82, 2.24) is 4.98 Å². The Morgan fingerprint density at radius 1 is 1.02 bits per heavy atom. The van der Waals surface area contributed by atoms with E-state index in [0.29, 0.717) is 54.0 Å². The average Bonchev–Trinajstić information content (AvgIpc) is 3.05. The van der Waals surface area contributed by atoms with Crippen molar-refractivity contribution in [3.63, 3.8) is 0 Å². The molecule has 50 heavy (non-hydrogen) atoms. The zero-order valence-corrected chi connectivity index (χ0v) is 28.1. The Kier molecular flexibility index (Phi) is 11.2.